The van der Waals surface area contributed by atoms with Crippen LogP contribution in [-0.4, -0.2) is 0 Å². The molecule has 0 aromatic heterocycles. The van der Waals surface area contributed by atoms with Gasteiger partial charge in [-0.1, -0.05) is 17.7 Å². The molecule has 3 heteroatoms. The Balaban J connectivity index is 2.29. The third-order valence-electron chi connectivity index (χ3n) is 3.18. The second-order valence-corrected chi connectivity index (χ2v) is 5.14. The molecule has 0 aliphatic rings. The van der Waals surface area contributed by atoms with Gasteiger partial charge in [0.2, 0.25) is 0 Å². The van der Waals surface area contributed by atoms with Gasteiger partial charge in [0.05, 0.1) is 0 Å². The molecular weight excluding hydrogens is 258 g/mol. The van der Waals surface area contributed by atoms with Gasteiger partial charge in [0, 0.05) is 11.6 Å². The van der Waals surface area contributed by atoms with E-state index in [0.717, 1.165) is 38.8 Å². The van der Waals surface area contributed by atoms with Gasteiger partial charge in [0.1, 0.15) is 11.5 Å². The Labute approximate surface area is 119 Å². The number of nitrogens with two attached hydrogens (primary N) is 1. The minimum atomic E-state index is 0.547. The molecule has 2 N–H and O–H groups in total. The first-order valence-corrected chi connectivity index (χ1v) is 6.63. The zero-order chi connectivity index (χ0) is 14.0. The predicted octanol–water partition coefficient (Wildman–Crippen LogP) is 4.52. The highest BCUT2D eigenvalue weighted by molar-refractivity contribution is 6.32. The number of hydrogen-bond donors (Lipinski definition) is 1. The average molecular weight is 276 g/mol. The highest BCUT2D eigenvalue weighted by Gasteiger charge is 2.05. The van der Waals surface area contributed by atoms with Crippen LogP contribution in [0, 0.1) is 20.8 Å². The van der Waals surface area contributed by atoms with Crippen LogP contribution in [0.1, 0.15) is 22.3 Å². The van der Waals surface area contributed by atoms with E-state index in [1.807, 2.05) is 51.1 Å². The maximum absolute atomic E-state index is 6.15. The number of ether oxygens (including phenoxy) is 1. The molecule has 0 heterocycles. The van der Waals surface area contributed by atoms with Crippen molar-refractivity contribution in [3.05, 3.63) is 57.6 Å². The van der Waals surface area contributed by atoms with Crippen molar-refractivity contribution in [2.24, 2.45) is 5.73 Å². The lowest BCUT2D eigenvalue weighted by molar-refractivity contribution is 0.481. The molecule has 2 aromatic rings. The van der Waals surface area contributed by atoms with Crippen LogP contribution in [0.5, 0.6) is 11.5 Å². The predicted molar refractivity (Wildman–Crippen MR) is 80.1 cm³/mol. The van der Waals surface area contributed by atoms with Gasteiger partial charge in [-0.2, -0.15) is 0 Å². The molecule has 0 radical (unpaired) electrons. The highest BCUT2D eigenvalue weighted by atomic mass is 35.5. The molecule has 2 rings (SSSR count). The molecule has 0 saturated heterocycles. The highest BCUT2D eigenvalue weighted by Crippen LogP contribution is 2.29. The van der Waals surface area contributed by atoms with Crippen LogP contribution in [0.2, 0.25) is 5.02 Å². The molecular formula is C16H18ClNO. The van der Waals surface area contributed by atoms with Gasteiger partial charge in [0.15, 0.2) is 0 Å². The molecule has 100 valence electrons. The van der Waals surface area contributed by atoms with Crippen LogP contribution in [0.3, 0.4) is 0 Å². The maximum atomic E-state index is 6.15. The summed E-state index contributed by atoms with van der Waals surface area (Å²) in [6.07, 6.45) is 0. The maximum Gasteiger partial charge on any atom is 0.128 e. The van der Waals surface area contributed by atoms with Gasteiger partial charge < -0.3 is 10.5 Å². The quantitative estimate of drug-likeness (QED) is 0.894. The van der Waals surface area contributed by atoms with E-state index in [2.05, 4.69) is 0 Å². The number of aryl methyl sites for hydroxylation is 3. The Morgan fingerprint density at radius 3 is 2.05 bits per heavy atom. The Hall–Kier alpha value is -1.51. The summed E-state index contributed by atoms with van der Waals surface area (Å²) < 4.78 is 5.88. The number of halogens is 1. The molecule has 0 aliphatic heterocycles. The van der Waals surface area contributed by atoms with E-state index in [1.54, 1.807) is 0 Å². The van der Waals surface area contributed by atoms with Gasteiger partial charge in [-0.15, -0.1) is 0 Å². The molecule has 0 fully saturated rings. The first-order valence-electron chi connectivity index (χ1n) is 6.25. The lowest BCUT2D eigenvalue weighted by atomic mass is 10.1. The van der Waals surface area contributed by atoms with E-state index >= 15 is 0 Å². The van der Waals surface area contributed by atoms with Crippen molar-refractivity contribution in [3.8, 4) is 11.5 Å². The van der Waals surface area contributed by atoms with E-state index in [4.69, 9.17) is 22.1 Å². The molecule has 0 saturated carbocycles. The number of hydrogen-bond acceptors (Lipinski definition) is 2. The monoisotopic (exact) mass is 275 g/mol. The van der Waals surface area contributed by atoms with Crippen LogP contribution >= 0.6 is 11.6 Å². The smallest absolute Gasteiger partial charge is 0.128 e. The zero-order valence-electron chi connectivity index (χ0n) is 11.5. The molecule has 19 heavy (non-hydrogen) atoms. The summed E-state index contributed by atoms with van der Waals surface area (Å²) >= 11 is 6.15. The summed E-state index contributed by atoms with van der Waals surface area (Å²) in [4.78, 5) is 0. The normalized spacial score (nSPS) is 10.6. The van der Waals surface area contributed by atoms with Gasteiger partial charge in [-0.05, 0) is 67.3 Å². The minimum Gasteiger partial charge on any atom is -0.457 e. The summed E-state index contributed by atoms with van der Waals surface area (Å²) in [6.45, 7) is 6.54. The first-order chi connectivity index (χ1) is 9.01. The molecule has 0 atom stereocenters. The van der Waals surface area contributed by atoms with Gasteiger partial charge in [-0.3, -0.25) is 0 Å². The molecule has 2 nitrogen and oxygen atoms in total. The van der Waals surface area contributed by atoms with Crippen molar-refractivity contribution < 1.29 is 4.74 Å². The van der Waals surface area contributed by atoms with Crippen LogP contribution in [0.4, 0.5) is 0 Å². The molecule has 0 aliphatic carbocycles. The summed E-state index contributed by atoms with van der Waals surface area (Å²) in [5, 5.41) is 0.794. The summed E-state index contributed by atoms with van der Waals surface area (Å²) in [5.41, 5.74) is 9.97. The van der Waals surface area contributed by atoms with Crippen molar-refractivity contribution in [1.29, 1.82) is 0 Å². The fourth-order valence-electron chi connectivity index (χ4n) is 2.06. The van der Waals surface area contributed by atoms with Crippen molar-refractivity contribution in [2.75, 3.05) is 0 Å². The Bertz CT molecular complexity index is 585. The van der Waals surface area contributed by atoms with Gasteiger partial charge >= 0.3 is 0 Å². The fraction of sp³-hybridized carbons (Fsp3) is 0.250. The Morgan fingerprint density at radius 2 is 1.53 bits per heavy atom. The Morgan fingerprint density at radius 1 is 0.947 bits per heavy atom. The van der Waals surface area contributed by atoms with Crippen molar-refractivity contribution >= 4 is 11.6 Å². The number of benzene rings is 2. The first kappa shape index (κ1) is 13.9. The van der Waals surface area contributed by atoms with Crippen LogP contribution < -0.4 is 10.5 Å². The lowest BCUT2D eigenvalue weighted by Gasteiger charge is -2.11. The van der Waals surface area contributed by atoms with E-state index in [0.29, 0.717) is 6.54 Å². The van der Waals surface area contributed by atoms with Crippen LogP contribution in [-0.2, 0) is 6.54 Å². The molecule has 0 spiro atoms. The largest absolute Gasteiger partial charge is 0.457 e. The number of rotatable bonds is 3. The lowest BCUT2D eigenvalue weighted by Crippen LogP contribution is -1.99. The Kier molecular flexibility index (Phi) is 4.13. The average Bonchev–Trinajstić information content (AvgIpc) is 2.36. The summed E-state index contributed by atoms with van der Waals surface area (Å²) in [7, 11) is 0. The molecule has 0 bridgehead atoms. The third kappa shape index (κ3) is 3.09. The second kappa shape index (κ2) is 5.64. The standard InChI is InChI=1S/C16H18ClNO/c1-10-6-14(5-4-13(10)9-18)19-15-7-11(2)16(17)12(3)8-15/h4-8H,9,18H2,1-3H3. The van der Waals surface area contributed by atoms with E-state index in [9.17, 15) is 0 Å². The molecule has 2 aromatic carbocycles. The zero-order valence-corrected chi connectivity index (χ0v) is 12.2. The van der Waals surface area contributed by atoms with Crippen LogP contribution in [0.25, 0.3) is 0 Å². The van der Waals surface area contributed by atoms with E-state index in [-0.39, 0.29) is 0 Å². The van der Waals surface area contributed by atoms with Crippen molar-refractivity contribution in [3.63, 3.8) is 0 Å². The minimum absolute atomic E-state index is 0.547. The van der Waals surface area contributed by atoms with Gasteiger partial charge in [-0.25, -0.2) is 0 Å². The fourth-order valence-corrected chi connectivity index (χ4v) is 2.17. The topological polar surface area (TPSA) is 35.2 Å². The van der Waals surface area contributed by atoms with Crippen LogP contribution in [0.15, 0.2) is 30.3 Å². The summed E-state index contributed by atoms with van der Waals surface area (Å²) in [6, 6.07) is 9.83. The molecule has 0 amide bonds. The third-order valence-corrected chi connectivity index (χ3v) is 3.78. The summed E-state index contributed by atoms with van der Waals surface area (Å²) in [5.74, 6) is 1.62. The van der Waals surface area contributed by atoms with Crippen molar-refractivity contribution in [2.45, 2.75) is 27.3 Å². The van der Waals surface area contributed by atoms with E-state index < -0.39 is 0 Å². The second-order valence-electron chi connectivity index (χ2n) is 4.77. The van der Waals surface area contributed by atoms with Gasteiger partial charge in [0.25, 0.3) is 0 Å². The molecule has 0 unspecified atom stereocenters. The van der Waals surface area contributed by atoms with Crippen molar-refractivity contribution in [1.82, 2.24) is 0 Å². The SMILES string of the molecule is Cc1cc(Oc2cc(C)c(Cl)c(C)c2)ccc1CN. The van der Waals surface area contributed by atoms with E-state index in [1.165, 1.54) is 0 Å².